The van der Waals surface area contributed by atoms with Crippen LogP contribution in [0.15, 0.2) is 54.6 Å². The first kappa shape index (κ1) is 38.3. The van der Waals surface area contributed by atoms with Crippen LogP contribution in [0, 0.1) is 17.9 Å². The number of halogens is 1. The summed E-state index contributed by atoms with van der Waals surface area (Å²) in [7, 11) is 0. The van der Waals surface area contributed by atoms with Crippen molar-refractivity contribution < 1.29 is 24.0 Å². The van der Waals surface area contributed by atoms with E-state index in [1.54, 1.807) is 0 Å². The third-order valence-electron chi connectivity index (χ3n) is 13.7. The molecule has 2 atom stereocenters. The van der Waals surface area contributed by atoms with Gasteiger partial charge in [-0.2, -0.15) is 0 Å². The van der Waals surface area contributed by atoms with Crippen molar-refractivity contribution >= 4 is 58.2 Å². The average Bonchev–Trinajstić information content (AvgIpc) is 3.88. The Labute approximate surface area is 343 Å². The van der Waals surface area contributed by atoms with Gasteiger partial charge in [-0.05, 0) is 116 Å². The topological polar surface area (TPSA) is 118 Å². The third-order valence-corrected chi connectivity index (χ3v) is 14.0. The Morgan fingerprint density at radius 3 is 2.14 bits per heavy atom. The van der Waals surface area contributed by atoms with Crippen LogP contribution in [0.4, 0.5) is 17.1 Å². The summed E-state index contributed by atoms with van der Waals surface area (Å²) < 4.78 is 0. The molecular weight excluding hydrogens is 754 g/mol. The monoisotopic (exact) mass is 801 g/mol. The van der Waals surface area contributed by atoms with Crippen LogP contribution < -0.4 is 15.1 Å². The van der Waals surface area contributed by atoms with Gasteiger partial charge in [0.05, 0.1) is 17.7 Å². The summed E-state index contributed by atoms with van der Waals surface area (Å²) in [6.07, 6.45) is 6.51. The van der Waals surface area contributed by atoms with E-state index >= 15 is 0 Å². The first-order chi connectivity index (χ1) is 28.0. The largest absolute Gasteiger partial charge is 0.371 e. The van der Waals surface area contributed by atoms with Crippen molar-refractivity contribution in [3.8, 4) is 0 Å². The SMILES string of the molecule is [C-]#[N+]c1ccc(N2CC3(CCN(c4ccc(C(=O)N5CCC(CN6Cc7cc8c(cc7C6)C(=O)N(C6CCC(=O)NC6=O)C8=O)CC5)cc4)CC3)C[C@@H]2CC)cc1Cl. The maximum atomic E-state index is 13.6. The average molecular weight is 802 g/mol. The zero-order valence-corrected chi connectivity index (χ0v) is 33.6. The number of carbonyl (C=O) groups excluding carboxylic acids is 5. The molecule has 1 spiro atoms. The normalized spacial score (nSPS) is 23.4. The molecule has 58 heavy (non-hydrogen) atoms. The molecule has 4 fully saturated rings. The lowest BCUT2D eigenvalue weighted by atomic mass is 9.76. The Balaban J connectivity index is 0.748. The van der Waals surface area contributed by atoms with E-state index in [2.05, 4.69) is 43.9 Å². The van der Waals surface area contributed by atoms with E-state index in [1.807, 2.05) is 47.4 Å². The summed E-state index contributed by atoms with van der Waals surface area (Å²) in [5, 5.41) is 2.77. The molecule has 3 aromatic carbocycles. The molecule has 5 amide bonds. The molecule has 0 bridgehead atoms. The fourth-order valence-corrected chi connectivity index (χ4v) is 10.7. The van der Waals surface area contributed by atoms with Crippen molar-refractivity contribution in [1.82, 2.24) is 20.0 Å². The maximum Gasteiger partial charge on any atom is 0.262 e. The van der Waals surface area contributed by atoms with Crippen molar-refractivity contribution in [3.05, 3.63) is 98.9 Å². The molecule has 4 saturated heterocycles. The number of anilines is 2. The van der Waals surface area contributed by atoms with Crippen LogP contribution in [0.5, 0.6) is 0 Å². The summed E-state index contributed by atoms with van der Waals surface area (Å²) in [6, 6.07) is 17.1. The number of nitrogens with zero attached hydrogens (tertiary/aromatic N) is 6. The molecule has 0 saturated carbocycles. The van der Waals surface area contributed by atoms with Crippen LogP contribution in [-0.2, 0) is 22.7 Å². The lowest BCUT2D eigenvalue weighted by Gasteiger charge is -2.40. The highest BCUT2D eigenvalue weighted by molar-refractivity contribution is 6.33. The number of imide groups is 2. The number of rotatable bonds is 7. The van der Waals surface area contributed by atoms with Gasteiger partial charge in [-0.15, -0.1) is 0 Å². The predicted molar refractivity (Wildman–Crippen MR) is 220 cm³/mol. The molecule has 0 radical (unpaired) electrons. The van der Waals surface area contributed by atoms with E-state index in [-0.39, 0.29) is 30.1 Å². The lowest BCUT2D eigenvalue weighted by Crippen LogP contribution is -2.54. The van der Waals surface area contributed by atoms with Crippen LogP contribution >= 0.6 is 11.6 Å². The second-order valence-electron chi connectivity index (χ2n) is 17.2. The van der Waals surface area contributed by atoms with Gasteiger partial charge in [0.2, 0.25) is 17.5 Å². The van der Waals surface area contributed by atoms with Gasteiger partial charge in [-0.3, -0.25) is 39.1 Å². The predicted octanol–water partition coefficient (Wildman–Crippen LogP) is 6.44. The van der Waals surface area contributed by atoms with Crippen LogP contribution in [0.2, 0.25) is 5.02 Å². The zero-order valence-electron chi connectivity index (χ0n) is 32.8. The highest BCUT2D eigenvalue weighted by atomic mass is 35.5. The van der Waals surface area contributed by atoms with Gasteiger partial charge >= 0.3 is 0 Å². The summed E-state index contributed by atoms with van der Waals surface area (Å²) >= 11 is 6.43. The van der Waals surface area contributed by atoms with E-state index in [9.17, 15) is 24.0 Å². The zero-order chi connectivity index (χ0) is 40.3. The molecule has 6 aliphatic rings. The number of hydrogen-bond acceptors (Lipinski definition) is 8. The number of nitrogens with one attached hydrogen (secondary N) is 1. The van der Waals surface area contributed by atoms with Gasteiger partial charge in [0.25, 0.3) is 17.7 Å². The third kappa shape index (κ3) is 6.92. The Kier molecular flexibility index (Phi) is 10.0. The minimum atomic E-state index is -0.967. The quantitative estimate of drug-likeness (QED) is 0.215. The first-order valence-corrected chi connectivity index (χ1v) is 21.1. The molecule has 9 rings (SSSR count). The number of amides is 5. The van der Waals surface area contributed by atoms with Gasteiger partial charge in [0, 0.05) is 86.8 Å². The first-order valence-electron chi connectivity index (χ1n) is 20.7. The highest BCUT2D eigenvalue weighted by Crippen LogP contribution is 2.47. The van der Waals surface area contributed by atoms with Crippen molar-refractivity contribution in [1.29, 1.82) is 0 Å². The van der Waals surface area contributed by atoms with E-state index < -0.39 is 23.8 Å². The molecule has 300 valence electrons. The molecule has 3 aromatic rings. The molecule has 6 heterocycles. The lowest BCUT2D eigenvalue weighted by molar-refractivity contribution is -0.136. The number of piperidine rings is 3. The van der Waals surface area contributed by atoms with Crippen molar-refractivity contribution in [2.45, 2.75) is 83.5 Å². The minimum Gasteiger partial charge on any atom is -0.371 e. The van der Waals surface area contributed by atoms with Crippen molar-refractivity contribution in [3.63, 3.8) is 0 Å². The van der Waals surface area contributed by atoms with Gasteiger partial charge in [0.1, 0.15) is 6.04 Å². The van der Waals surface area contributed by atoms with Crippen LogP contribution in [-0.4, -0.2) is 95.6 Å². The Bertz CT molecular complexity index is 2190. The van der Waals surface area contributed by atoms with Crippen LogP contribution in [0.3, 0.4) is 0 Å². The number of benzene rings is 3. The van der Waals surface area contributed by atoms with Gasteiger partial charge in [-0.1, -0.05) is 24.6 Å². The standard InChI is InChI=1S/C45H48ClN7O5/c1-3-32-23-45(27-52(32)34-8-9-38(47-2)37(46)22-34)14-18-50(19-15-45)33-6-4-29(5-7-33)42(56)51-16-12-28(13-17-51)24-49-25-30-20-35-36(21-31(30)26-49)44(58)53(43(35)57)39-10-11-40(54)48-41(39)55/h4-9,20-22,28,32,39H,3,10-19,23-27H2,1H3,(H,48,54,55)/t32-,39?/m0/s1. The van der Waals surface area contributed by atoms with Gasteiger partial charge < -0.3 is 14.7 Å². The van der Waals surface area contributed by atoms with Crippen molar-refractivity contribution in [2.24, 2.45) is 11.3 Å². The summed E-state index contributed by atoms with van der Waals surface area (Å²) in [5.41, 5.74) is 6.44. The van der Waals surface area contributed by atoms with E-state index in [4.69, 9.17) is 18.2 Å². The molecule has 12 nitrogen and oxygen atoms in total. The number of fused-ring (bicyclic) bond motifs is 2. The van der Waals surface area contributed by atoms with Crippen molar-refractivity contribution in [2.75, 3.05) is 49.1 Å². The smallest absolute Gasteiger partial charge is 0.262 e. The van der Waals surface area contributed by atoms with Gasteiger partial charge in [0.15, 0.2) is 0 Å². The molecular formula is C45H48ClN7O5. The Hall–Kier alpha value is -5.25. The number of hydrogen-bond donors (Lipinski definition) is 1. The maximum absolute atomic E-state index is 13.6. The molecule has 1 N–H and O–H groups in total. The minimum absolute atomic E-state index is 0.0764. The Morgan fingerprint density at radius 1 is 0.879 bits per heavy atom. The fourth-order valence-electron chi connectivity index (χ4n) is 10.4. The molecule has 1 unspecified atom stereocenters. The number of carbonyl (C=O) groups is 5. The molecule has 0 aliphatic carbocycles. The molecule has 13 heteroatoms. The van der Waals surface area contributed by atoms with Gasteiger partial charge in [-0.25, -0.2) is 4.85 Å². The second-order valence-corrected chi connectivity index (χ2v) is 17.6. The summed E-state index contributed by atoms with van der Waals surface area (Å²) in [6.45, 7) is 16.2. The van der Waals surface area contributed by atoms with Crippen LogP contribution in [0.25, 0.3) is 4.85 Å². The number of likely N-dealkylation sites (tertiary alicyclic amines) is 1. The Morgan fingerprint density at radius 2 is 1.53 bits per heavy atom. The molecule has 0 aromatic heterocycles. The molecule has 6 aliphatic heterocycles. The van der Waals surface area contributed by atoms with E-state index in [0.29, 0.717) is 60.0 Å². The van der Waals surface area contributed by atoms with Crippen LogP contribution in [0.1, 0.15) is 100 Å². The van der Waals surface area contributed by atoms with E-state index in [1.165, 1.54) is 0 Å². The second kappa shape index (κ2) is 15.2. The fraction of sp³-hybridized carbons (Fsp3) is 0.467. The summed E-state index contributed by atoms with van der Waals surface area (Å²) in [5.74, 6) is -1.43. The highest BCUT2D eigenvalue weighted by Gasteiger charge is 2.47. The summed E-state index contributed by atoms with van der Waals surface area (Å²) in [4.78, 5) is 78.2. The van der Waals surface area contributed by atoms with E-state index in [0.717, 1.165) is 97.7 Å².